The van der Waals surface area contributed by atoms with Crippen LogP contribution in [0.3, 0.4) is 0 Å². The molecule has 0 radical (unpaired) electrons. The highest BCUT2D eigenvalue weighted by molar-refractivity contribution is 6.06. The fourth-order valence-electron chi connectivity index (χ4n) is 4.75. The van der Waals surface area contributed by atoms with Crippen LogP contribution in [0.1, 0.15) is 66.9 Å². The molecule has 34 heavy (non-hydrogen) atoms. The average Bonchev–Trinajstić information content (AvgIpc) is 3.37. The molecule has 1 unspecified atom stereocenters. The fourth-order valence-corrected chi connectivity index (χ4v) is 4.75. The molecule has 0 bridgehead atoms. The zero-order valence-electron chi connectivity index (χ0n) is 20.2. The summed E-state index contributed by atoms with van der Waals surface area (Å²) in [6, 6.07) is 13.4. The van der Waals surface area contributed by atoms with E-state index in [0.717, 1.165) is 36.1 Å². The Morgan fingerprint density at radius 1 is 1.09 bits per heavy atom. The van der Waals surface area contributed by atoms with Crippen molar-refractivity contribution >= 4 is 17.5 Å². The smallest absolute Gasteiger partial charge is 0.251 e. The lowest BCUT2D eigenvalue weighted by Crippen LogP contribution is -2.37. The average molecular weight is 464 g/mol. The Morgan fingerprint density at radius 2 is 1.85 bits per heavy atom. The van der Waals surface area contributed by atoms with Crippen LogP contribution in [0.15, 0.2) is 47.6 Å². The van der Waals surface area contributed by atoms with Gasteiger partial charge in [-0.1, -0.05) is 31.9 Å². The van der Waals surface area contributed by atoms with Gasteiger partial charge in [0.1, 0.15) is 0 Å². The second-order valence-electron chi connectivity index (χ2n) is 8.97. The summed E-state index contributed by atoms with van der Waals surface area (Å²) in [5, 5.41) is 9.42. The summed E-state index contributed by atoms with van der Waals surface area (Å²) in [6.45, 7) is 2.38. The van der Waals surface area contributed by atoms with Gasteiger partial charge in [-0.3, -0.25) is 9.59 Å². The molecule has 1 aliphatic heterocycles. The van der Waals surface area contributed by atoms with Gasteiger partial charge >= 0.3 is 0 Å². The van der Waals surface area contributed by atoms with Crippen LogP contribution in [0.4, 0.5) is 0 Å². The summed E-state index contributed by atoms with van der Waals surface area (Å²) >= 11 is 0. The van der Waals surface area contributed by atoms with Gasteiger partial charge in [0.2, 0.25) is 5.91 Å². The van der Waals surface area contributed by atoms with Crippen LogP contribution < -0.4 is 14.8 Å². The Hall–Kier alpha value is -3.35. The third kappa shape index (κ3) is 5.24. The molecule has 1 N–H and O–H groups in total. The highest BCUT2D eigenvalue weighted by Crippen LogP contribution is 2.31. The molecular formula is C27H33N3O4. The first-order chi connectivity index (χ1) is 16.5. The number of benzene rings is 2. The van der Waals surface area contributed by atoms with E-state index in [1.165, 1.54) is 17.9 Å². The number of amides is 2. The number of hydrazone groups is 1. The summed E-state index contributed by atoms with van der Waals surface area (Å²) < 4.78 is 10.8. The summed E-state index contributed by atoms with van der Waals surface area (Å²) in [6.07, 6.45) is 5.62. The summed E-state index contributed by atoms with van der Waals surface area (Å²) in [5.74, 6) is 1.24. The van der Waals surface area contributed by atoms with E-state index in [2.05, 4.69) is 12.2 Å². The van der Waals surface area contributed by atoms with E-state index in [1.54, 1.807) is 14.2 Å². The molecule has 4 rings (SSSR count). The van der Waals surface area contributed by atoms with Crippen molar-refractivity contribution in [1.29, 1.82) is 0 Å². The summed E-state index contributed by atoms with van der Waals surface area (Å²) in [4.78, 5) is 25.6. The number of nitrogens with zero attached hydrogens (tertiary/aromatic N) is 2. The van der Waals surface area contributed by atoms with Crippen LogP contribution in [-0.2, 0) is 11.3 Å². The normalized spacial score (nSPS) is 18.6. The predicted octanol–water partition coefficient (Wildman–Crippen LogP) is 4.54. The van der Waals surface area contributed by atoms with Crippen LogP contribution in [0.25, 0.3) is 0 Å². The Morgan fingerprint density at radius 3 is 2.56 bits per heavy atom. The number of hydrogen-bond acceptors (Lipinski definition) is 5. The van der Waals surface area contributed by atoms with Gasteiger partial charge in [-0.2, -0.15) is 5.10 Å². The second-order valence-corrected chi connectivity index (χ2v) is 8.97. The number of ether oxygens (including phenoxy) is 2. The van der Waals surface area contributed by atoms with Crippen molar-refractivity contribution in [2.75, 3.05) is 14.2 Å². The quantitative estimate of drug-likeness (QED) is 0.623. The molecule has 1 aliphatic carbocycles. The van der Waals surface area contributed by atoms with Crippen molar-refractivity contribution in [3.05, 3.63) is 59.2 Å². The maximum absolute atomic E-state index is 12.9. The zero-order chi connectivity index (χ0) is 24.1. The van der Waals surface area contributed by atoms with Gasteiger partial charge in [0, 0.05) is 29.5 Å². The van der Waals surface area contributed by atoms with Gasteiger partial charge in [-0.15, -0.1) is 0 Å². The zero-order valence-corrected chi connectivity index (χ0v) is 20.2. The maximum atomic E-state index is 12.9. The first-order valence-electron chi connectivity index (χ1n) is 12.0. The van der Waals surface area contributed by atoms with Crippen LogP contribution >= 0.6 is 0 Å². The van der Waals surface area contributed by atoms with Gasteiger partial charge < -0.3 is 14.8 Å². The van der Waals surface area contributed by atoms with Crippen LogP contribution in [-0.4, -0.2) is 42.8 Å². The Balaban J connectivity index is 1.56. The van der Waals surface area contributed by atoms with Crippen molar-refractivity contribution in [3.63, 3.8) is 0 Å². The molecule has 7 heteroatoms. The van der Waals surface area contributed by atoms with E-state index >= 15 is 0 Å². The second kappa shape index (κ2) is 10.7. The molecule has 0 saturated heterocycles. The third-order valence-corrected chi connectivity index (χ3v) is 6.71. The lowest BCUT2D eigenvalue weighted by Gasteiger charge is -2.29. The standard InChI is InChI=1S/C27H33N3O4/c1-4-19-16-25(31)30(29-26(19)20-12-13-23(33-2)24(15-20)34-3)17-18-8-7-9-21(14-18)27(32)28-22-10-5-6-11-22/h7-9,12-15,19,22H,4-6,10-11,16-17H2,1-3H3,(H,28,32). The first-order valence-corrected chi connectivity index (χ1v) is 12.0. The largest absolute Gasteiger partial charge is 0.493 e. The molecule has 7 nitrogen and oxygen atoms in total. The molecule has 1 saturated carbocycles. The third-order valence-electron chi connectivity index (χ3n) is 6.71. The minimum absolute atomic E-state index is 0.0168. The Labute approximate surface area is 201 Å². The lowest BCUT2D eigenvalue weighted by atomic mass is 9.89. The maximum Gasteiger partial charge on any atom is 0.251 e. The lowest BCUT2D eigenvalue weighted by molar-refractivity contribution is -0.133. The van der Waals surface area contributed by atoms with E-state index in [4.69, 9.17) is 14.6 Å². The van der Waals surface area contributed by atoms with E-state index < -0.39 is 0 Å². The monoisotopic (exact) mass is 463 g/mol. The van der Waals surface area contributed by atoms with Crippen molar-refractivity contribution in [1.82, 2.24) is 10.3 Å². The van der Waals surface area contributed by atoms with Crippen molar-refractivity contribution in [3.8, 4) is 11.5 Å². The number of methoxy groups -OCH3 is 2. The highest BCUT2D eigenvalue weighted by atomic mass is 16.5. The Kier molecular flexibility index (Phi) is 7.50. The molecule has 180 valence electrons. The minimum atomic E-state index is -0.0562. The molecule has 1 atom stereocenters. The minimum Gasteiger partial charge on any atom is -0.493 e. The van der Waals surface area contributed by atoms with Gasteiger partial charge in [-0.05, 0) is 55.2 Å². The number of hydrogen-bond donors (Lipinski definition) is 1. The molecule has 2 amide bonds. The van der Waals surface area contributed by atoms with Crippen LogP contribution in [0.5, 0.6) is 11.5 Å². The molecule has 1 fully saturated rings. The number of carbonyl (C=O) groups excluding carboxylic acids is 2. The summed E-state index contributed by atoms with van der Waals surface area (Å²) in [7, 11) is 3.21. The Bertz CT molecular complexity index is 1080. The topological polar surface area (TPSA) is 80.2 Å². The van der Waals surface area contributed by atoms with Gasteiger partial charge in [0.25, 0.3) is 5.91 Å². The molecule has 2 aromatic rings. The fraction of sp³-hybridized carbons (Fsp3) is 0.444. The molecule has 0 aromatic heterocycles. The first kappa shape index (κ1) is 23.8. The molecule has 2 aliphatic rings. The molecular weight excluding hydrogens is 430 g/mol. The van der Waals surface area contributed by atoms with Crippen LogP contribution in [0.2, 0.25) is 0 Å². The van der Waals surface area contributed by atoms with E-state index in [0.29, 0.717) is 30.0 Å². The van der Waals surface area contributed by atoms with Gasteiger partial charge in [-0.25, -0.2) is 5.01 Å². The van der Waals surface area contributed by atoms with Gasteiger partial charge in [0.15, 0.2) is 11.5 Å². The number of rotatable bonds is 8. The predicted molar refractivity (Wildman–Crippen MR) is 131 cm³/mol. The van der Waals surface area contributed by atoms with E-state index in [1.807, 2.05) is 42.5 Å². The molecule has 2 aromatic carbocycles. The SMILES string of the molecule is CCC1CC(=O)N(Cc2cccc(C(=O)NC3CCCC3)c2)N=C1c1ccc(OC)c(OC)c1. The van der Waals surface area contributed by atoms with Gasteiger partial charge in [0.05, 0.1) is 26.5 Å². The van der Waals surface area contributed by atoms with Crippen molar-refractivity contribution in [2.24, 2.45) is 11.0 Å². The summed E-state index contributed by atoms with van der Waals surface area (Å²) in [5.41, 5.74) is 3.26. The number of carbonyl (C=O) groups is 2. The molecule has 1 heterocycles. The van der Waals surface area contributed by atoms with Crippen molar-refractivity contribution < 1.29 is 19.1 Å². The van der Waals surface area contributed by atoms with Crippen LogP contribution in [0, 0.1) is 5.92 Å². The van der Waals surface area contributed by atoms with E-state index in [9.17, 15) is 9.59 Å². The molecule has 0 spiro atoms. The van der Waals surface area contributed by atoms with E-state index in [-0.39, 0.29) is 23.8 Å². The number of nitrogens with one attached hydrogen (secondary N) is 1. The highest BCUT2D eigenvalue weighted by Gasteiger charge is 2.30. The van der Waals surface area contributed by atoms with Crippen molar-refractivity contribution in [2.45, 2.75) is 58.0 Å².